The standard InChI is InChI=1S/C9H15NO2S3/c1-6(4-13)3-10-7(8(11)12-2)5-15-9(10)14/h6-7,13H,3-5H2,1-2H3/t6?,7-/m0/s1. The van der Waals surface area contributed by atoms with Crippen molar-refractivity contribution in [2.24, 2.45) is 5.92 Å². The van der Waals surface area contributed by atoms with E-state index in [1.807, 2.05) is 4.90 Å². The number of hydrogen-bond acceptors (Lipinski definition) is 5. The molecule has 1 heterocycles. The first-order valence-electron chi connectivity index (χ1n) is 4.72. The van der Waals surface area contributed by atoms with Crippen molar-refractivity contribution in [1.82, 2.24) is 4.90 Å². The molecule has 1 aliphatic rings. The zero-order chi connectivity index (χ0) is 11.4. The largest absolute Gasteiger partial charge is 0.467 e. The van der Waals surface area contributed by atoms with Crippen LogP contribution in [0.25, 0.3) is 0 Å². The third kappa shape index (κ3) is 3.26. The van der Waals surface area contributed by atoms with Crippen LogP contribution in [0.2, 0.25) is 0 Å². The van der Waals surface area contributed by atoms with Gasteiger partial charge in [-0.3, -0.25) is 0 Å². The molecule has 0 amide bonds. The predicted octanol–water partition coefficient (Wildman–Crippen LogP) is 1.43. The van der Waals surface area contributed by atoms with Crippen LogP contribution in [0.4, 0.5) is 0 Å². The Morgan fingerprint density at radius 3 is 3.07 bits per heavy atom. The molecule has 2 atom stereocenters. The van der Waals surface area contributed by atoms with Gasteiger partial charge in [0.1, 0.15) is 10.4 Å². The van der Waals surface area contributed by atoms with Gasteiger partial charge in [-0.15, -0.1) is 0 Å². The lowest BCUT2D eigenvalue weighted by Gasteiger charge is -2.26. The minimum atomic E-state index is -0.213. The summed E-state index contributed by atoms with van der Waals surface area (Å²) in [5.74, 6) is 1.70. The summed E-state index contributed by atoms with van der Waals surface area (Å²) in [7, 11) is 1.41. The van der Waals surface area contributed by atoms with Gasteiger partial charge in [-0.2, -0.15) is 12.6 Å². The molecule has 0 aromatic rings. The fraction of sp³-hybridized carbons (Fsp3) is 0.778. The van der Waals surface area contributed by atoms with Crippen LogP contribution in [0.5, 0.6) is 0 Å². The number of ether oxygens (including phenoxy) is 1. The van der Waals surface area contributed by atoms with Crippen LogP contribution in [-0.4, -0.2) is 46.4 Å². The van der Waals surface area contributed by atoms with Gasteiger partial charge in [-0.05, 0) is 11.7 Å². The molecule has 1 saturated heterocycles. The second-order valence-corrected chi connectivity index (χ2v) is 5.57. The number of hydrogen-bond donors (Lipinski definition) is 1. The first-order chi connectivity index (χ1) is 7.10. The molecule has 0 bridgehead atoms. The summed E-state index contributed by atoms with van der Waals surface area (Å²) in [4.78, 5) is 13.4. The zero-order valence-corrected chi connectivity index (χ0v) is 11.3. The molecule has 0 radical (unpaired) electrons. The van der Waals surface area contributed by atoms with Crippen molar-refractivity contribution in [2.75, 3.05) is 25.2 Å². The van der Waals surface area contributed by atoms with Crippen LogP contribution in [0.3, 0.4) is 0 Å². The Bertz CT molecular complexity index is 260. The van der Waals surface area contributed by atoms with Crippen LogP contribution in [0.1, 0.15) is 6.92 Å². The molecule has 0 saturated carbocycles. The molecular formula is C9H15NO2S3. The van der Waals surface area contributed by atoms with Crippen molar-refractivity contribution >= 4 is 46.9 Å². The zero-order valence-electron chi connectivity index (χ0n) is 8.80. The molecule has 1 aliphatic heterocycles. The van der Waals surface area contributed by atoms with Gasteiger partial charge in [0.25, 0.3) is 0 Å². The summed E-state index contributed by atoms with van der Waals surface area (Å²) in [6.45, 7) is 2.86. The number of thiol groups is 1. The lowest BCUT2D eigenvalue weighted by atomic mass is 10.2. The normalized spacial score (nSPS) is 23.0. The highest BCUT2D eigenvalue weighted by Crippen LogP contribution is 2.26. The molecular weight excluding hydrogens is 250 g/mol. The summed E-state index contributed by atoms with van der Waals surface area (Å²) in [6, 6.07) is -0.213. The summed E-state index contributed by atoms with van der Waals surface area (Å²) in [5, 5.41) is 0. The number of rotatable bonds is 4. The van der Waals surface area contributed by atoms with Gasteiger partial charge in [0, 0.05) is 12.3 Å². The molecule has 1 rings (SSSR count). The van der Waals surface area contributed by atoms with E-state index in [2.05, 4.69) is 19.6 Å². The van der Waals surface area contributed by atoms with E-state index in [9.17, 15) is 4.79 Å². The summed E-state index contributed by atoms with van der Waals surface area (Å²) in [6.07, 6.45) is 0. The molecule has 0 spiro atoms. The quantitative estimate of drug-likeness (QED) is 0.472. The molecule has 0 aromatic heterocycles. The van der Waals surface area contributed by atoms with Crippen LogP contribution >= 0.6 is 36.6 Å². The fourth-order valence-electron chi connectivity index (χ4n) is 1.38. The first kappa shape index (κ1) is 13.1. The molecule has 1 fully saturated rings. The SMILES string of the molecule is COC(=O)[C@@H]1CSC(=S)N1CC(C)CS. The van der Waals surface area contributed by atoms with Crippen molar-refractivity contribution in [3.05, 3.63) is 0 Å². The van der Waals surface area contributed by atoms with E-state index in [0.29, 0.717) is 11.7 Å². The highest BCUT2D eigenvalue weighted by Gasteiger charge is 2.35. The number of methoxy groups -OCH3 is 1. The average molecular weight is 265 g/mol. The van der Waals surface area contributed by atoms with Crippen LogP contribution in [0, 0.1) is 5.92 Å². The maximum Gasteiger partial charge on any atom is 0.329 e. The van der Waals surface area contributed by atoms with Crippen LogP contribution in [0.15, 0.2) is 0 Å². The topological polar surface area (TPSA) is 29.5 Å². The van der Waals surface area contributed by atoms with Gasteiger partial charge in [-0.1, -0.05) is 30.9 Å². The maximum atomic E-state index is 11.5. The van der Waals surface area contributed by atoms with E-state index >= 15 is 0 Å². The highest BCUT2D eigenvalue weighted by molar-refractivity contribution is 8.23. The number of carbonyl (C=O) groups is 1. The lowest BCUT2D eigenvalue weighted by Crippen LogP contribution is -2.42. The Morgan fingerprint density at radius 1 is 1.87 bits per heavy atom. The number of esters is 1. The van der Waals surface area contributed by atoms with Crippen LogP contribution in [-0.2, 0) is 9.53 Å². The third-order valence-corrected chi connectivity index (χ3v) is 4.44. The Labute approximate surface area is 105 Å². The third-order valence-electron chi connectivity index (χ3n) is 2.27. The first-order valence-corrected chi connectivity index (χ1v) is 6.74. The van der Waals surface area contributed by atoms with Crippen LogP contribution < -0.4 is 0 Å². The van der Waals surface area contributed by atoms with Gasteiger partial charge in [-0.25, -0.2) is 4.79 Å². The maximum absolute atomic E-state index is 11.5. The molecule has 0 aliphatic carbocycles. The Balaban J connectivity index is 2.64. The minimum Gasteiger partial charge on any atom is -0.467 e. The highest BCUT2D eigenvalue weighted by atomic mass is 32.2. The van der Waals surface area contributed by atoms with Gasteiger partial charge in [0.15, 0.2) is 0 Å². The number of nitrogens with zero attached hydrogens (tertiary/aromatic N) is 1. The molecule has 15 heavy (non-hydrogen) atoms. The fourth-order valence-corrected chi connectivity index (χ4v) is 2.88. The van der Waals surface area contributed by atoms with Gasteiger partial charge < -0.3 is 9.64 Å². The molecule has 86 valence electrons. The van der Waals surface area contributed by atoms with E-state index in [-0.39, 0.29) is 12.0 Å². The van der Waals surface area contributed by atoms with E-state index in [4.69, 9.17) is 17.0 Å². The van der Waals surface area contributed by atoms with E-state index < -0.39 is 0 Å². The molecule has 0 aromatic carbocycles. The van der Waals surface area contributed by atoms with Gasteiger partial charge >= 0.3 is 5.97 Å². The Morgan fingerprint density at radius 2 is 2.53 bits per heavy atom. The molecule has 0 N–H and O–H groups in total. The smallest absolute Gasteiger partial charge is 0.329 e. The number of thioether (sulfide) groups is 1. The summed E-state index contributed by atoms with van der Waals surface area (Å²) >= 11 is 11.0. The van der Waals surface area contributed by atoms with Gasteiger partial charge in [0.2, 0.25) is 0 Å². The second-order valence-electron chi connectivity index (χ2n) is 3.56. The van der Waals surface area contributed by atoms with E-state index in [1.165, 1.54) is 7.11 Å². The van der Waals surface area contributed by atoms with Gasteiger partial charge in [0.05, 0.1) is 7.11 Å². The van der Waals surface area contributed by atoms with Crippen molar-refractivity contribution in [3.63, 3.8) is 0 Å². The van der Waals surface area contributed by atoms with E-state index in [1.54, 1.807) is 11.8 Å². The van der Waals surface area contributed by atoms with Crippen molar-refractivity contribution in [1.29, 1.82) is 0 Å². The Kier molecular flexibility index (Phi) is 5.22. The lowest BCUT2D eigenvalue weighted by molar-refractivity contribution is -0.144. The molecule has 3 nitrogen and oxygen atoms in total. The molecule has 6 heteroatoms. The second kappa shape index (κ2) is 5.96. The summed E-state index contributed by atoms with van der Waals surface area (Å²) in [5.41, 5.74) is 0. The van der Waals surface area contributed by atoms with Crippen molar-refractivity contribution < 1.29 is 9.53 Å². The van der Waals surface area contributed by atoms with E-state index in [0.717, 1.165) is 16.6 Å². The Hall–Kier alpha value is 0.0600. The summed E-state index contributed by atoms with van der Waals surface area (Å²) < 4.78 is 5.55. The van der Waals surface area contributed by atoms with Crippen molar-refractivity contribution in [3.8, 4) is 0 Å². The monoisotopic (exact) mass is 265 g/mol. The molecule has 1 unspecified atom stereocenters. The predicted molar refractivity (Wildman–Crippen MR) is 70.6 cm³/mol. The number of thiocarbonyl (C=S) groups is 1. The minimum absolute atomic E-state index is 0.200. The van der Waals surface area contributed by atoms with Crippen molar-refractivity contribution in [2.45, 2.75) is 13.0 Å². The average Bonchev–Trinajstić information content (AvgIpc) is 2.59. The number of carbonyl (C=O) groups excluding carboxylic acids is 1.